The van der Waals surface area contributed by atoms with Crippen molar-refractivity contribution in [3.05, 3.63) is 35.6 Å². The first-order chi connectivity index (χ1) is 12.1. The lowest BCUT2D eigenvalue weighted by Gasteiger charge is -2.35. The number of hydrogen-bond donors (Lipinski definition) is 2. The molecular formula is C17H21ClN6O. The highest BCUT2D eigenvalue weighted by molar-refractivity contribution is 6.32. The number of nitrogens with zero attached hydrogens (tertiary/aromatic N) is 5. The third kappa shape index (κ3) is 3.39. The van der Waals surface area contributed by atoms with E-state index in [4.69, 9.17) is 11.6 Å². The van der Waals surface area contributed by atoms with Gasteiger partial charge in [0.05, 0.1) is 24.5 Å². The standard InChI is InChI=1S/C17H21ClN6O/c1-10-21-6-13(18)17(22-10)24-8-11-4-14(15(25)5-12(11)9-24)23-16-7-19-2-3-20-16/h2-3,6-7,11-12,14-15,25H,4-5,8-9H2,1H3,(H,20,23)/t11-,12+,14-,15-/m1/s1. The normalized spacial score (nSPS) is 28.7. The van der Waals surface area contributed by atoms with Crippen LogP contribution in [0.25, 0.3) is 0 Å². The van der Waals surface area contributed by atoms with Crippen LogP contribution >= 0.6 is 11.6 Å². The van der Waals surface area contributed by atoms with Crippen molar-refractivity contribution >= 4 is 23.2 Å². The Kier molecular flexibility index (Phi) is 4.43. The second-order valence-electron chi connectivity index (χ2n) is 6.89. The molecular weight excluding hydrogens is 340 g/mol. The predicted octanol–water partition coefficient (Wildman–Crippen LogP) is 1.92. The Balaban J connectivity index is 1.47. The largest absolute Gasteiger partial charge is 0.391 e. The molecule has 8 heteroatoms. The molecule has 1 saturated heterocycles. The van der Waals surface area contributed by atoms with Crippen molar-refractivity contribution in [2.45, 2.75) is 31.9 Å². The predicted molar refractivity (Wildman–Crippen MR) is 95.7 cm³/mol. The second kappa shape index (κ2) is 6.72. The van der Waals surface area contributed by atoms with E-state index >= 15 is 0 Å². The molecule has 2 aromatic rings. The van der Waals surface area contributed by atoms with Gasteiger partial charge in [-0.1, -0.05) is 11.6 Å². The average Bonchev–Trinajstić information content (AvgIpc) is 3.01. The van der Waals surface area contributed by atoms with Crippen molar-refractivity contribution in [1.82, 2.24) is 19.9 Å². The van der Waals surface area contributed by atoms with Gasteiger partial charge in [0.25, 0.3) is 0 Å². The molecule has 25 heavy (non-hydrogen) atoms. The molecule has 0 aromatic carbocycles. The van der Waals surface area contributed by atoms with Crippen LogP contribution in [0.1, 0.15) is 18.7 Å². The van der Waals surface area contributed by atoms with Gasteiger partial charge in [0.1, 0.15) is 16.7 Å². The van der Waals surface area contributed by atoms with Gasteiger partial charge in [-0.05, 0) is 31.6 Å². The van der Waals surface area contributed by atoms with Gasteiger partial charge in [-0.3, -0.25) is 4.98 Å². The summed E-state index contributed by atoms with van der Waals surface area (Å²) in [6, 6.07) is -0.0134. The molecule has 7 nitrogen and oxygen atoms in total. The van der Waals surface area contributed by atoms with Crippen LogP contribution in [0.3, 0.4) is 0 Å². The Morgan fingerprint density at radius 1 is 1.16 bits per heavy atom. The fraction of sp³-hybridized carbons (Fsp3) is 0.529. The van der Waals surface area contributed by atoms with Crippen LogP contribution in [0, 0.1) is 18.8 Å². The van der Waals surface area contributed by atoms with E-state index in [1.165, 1.54) is 0 Å². The monoisotopic (exact) mass is 360 g/mol. The third-order valence-electron chi connectivity index (χ3n) is 5.18. The number of anilines is 2. The van der Waals surface area contributed by atoms with Gasteiger partial charge in [0, 0.05) is 25.5 Å². The maximum Gasteiger partial charge on any atom is 0.151 e. The molecule has 0 spiro atoms. The SMILES string of the molecule is Cc1ncc(Cl)c(N2C[C@H]3C[C@@H](Nc4cnccn4)[C@H](O)C[C@H]3C2)n1. The van der Waals surface area contributed by atoms with E-state index in [9.17, 15) is 5.11 Å². The molecule has 0 amide bonds. The quantitative estimate of drug-likeness (QED) is 0.864. The Morgan fingerprint density at radius 3 is 2.72 bits per heavy atom. The molecule has 2 fully saturated rings. The van der Waals surface area contributed by atoms with Crippen LogP contribution in [0.2, 0.25) is 5.02 Å². The second-order valence-corrected chi connectivity index (χ2v) is 7.30. The summed E-state index contributed by atoms with van der Waals surface area (Å²) in [5.41, 5.74) is 0. The first kappa shape index (κ1) is 16.5. The molecule has 3 heterocycles. The lowest BCUT2D eigenvalue weighted by molar-refractivity contribution is 0.0737. The third-order valence-corrected chi connectivity index (χ3v) is 5.45. The van der Waals surface area contributed by atoms with E-state index in [-0.39, 0.29) is 6.04 Å². The number of aromatic nitrogens is 4. The summed E-state index contributed by atoms with van der Waals surface area (Å²) in [5.74, 6) is 3.16. The molecule has 2 aliphatic rings. The van der Waals surface area contributed by atoms with Crippen molar-refractivity contribution in [2.75, 3.05) is 23.3 Å². The Morgan fingerprint density at radius 2 is 1.96 bits per heavy atom. The van der Waals surface area contributed by atoms with Crippen LogP contribution in [-0.4, -0.2) is 50.3 Å². The van der Waals surface area contributed by atoms with Gasteiger partial charge in [-0.25, -0.2) is 15.0 Å². The van der Waals surface area contributed by atoms with Crippen molar-refractivity contribution in [2.24, 2.45) is 11.8 Å². The van der Waals surface area contributed by atoms with Gasteiger partial charge >= 0.3 is 0 Å². The highest BCUT2D eigenvalue weighted by Crippen LogP contribution is 2.40. The van der Waals surface area contributed by atoms with Crippen molar-refractivity contribution in [1.29, 1.82) is 0 Å². The van der Waals surface area contributed by atoms with Crippen LogP contribution in [0.5, 0.6) is 0 Å². The number of fused-ring (bicyclic) bond motifs is 1. The van der Waals surface area contributed by atoms with Crippen molar-refractivity contribution < 1.29 is 5.11 Å². The minimum absolute atomic E-state index is 0.0134. The number of nitrogens with one attached hydrogen (secondary N) is 1. The molecule has 4 rings (SSSR count). The zero-order valence-corrected chi connectivity index (χ0v) is 14.8. The van der Waals surface area contributed by atoms with Gasteiger partial charge in [0.2, 0.25) is 0 Å². The molecule has 0 radical (unpaired) electrons. The summed E-state index contributed by atoms with van der Waals surface area (Å²) >= 11 is 6.29. The first-order valence-corrected chi connectivity index (χ1v) is 8.92. The number of halogens is 1. The lowest BCUT2D eigenvalue weighted by Crippen LogP contribution is -2.43. The van der Waals surface area contributed by atoms with Crippen LogP contribution in [0.15, 0.2) is 24.8 Å². The van der Waals surface area contributed by atoms with Crippen LogP contribution in [0.4, 0.5) is 11.6 Å². The maximum atomic E-state index is 10.6. The number of aliphatic hydroxyl groups is 1. The van der Waals surface area contributed by atoms with Crippen LogP contribution < -0.4 is 10.2 Å². The van der Waals surface area contributed by atoms with Gasteiger partial charge < -0.3 is 15.3 Å². The number of hydrogen-bond acceptors (Lipinski definition) is 7. The molecule has 2 aromatic heterocycles. The molecule has 132 valence electrons. The highest BCUT2D eigenvalue weighted by Gasteiger charge is 2.42. The fourth-order valence-electron chi connectivity index (χ4n) is 3.99. The summed E-state index contributed by atoms with van der Waals surface area (Å²) in [4.78, 5) is 19.2. The van der Waals surface area contributed by atoms with Crippen LogP contribution in [-0.2, 0) is 0 Å². The van der Waals surface area contributed by atoms with E-state index in [0.717, 1.165) is 37.6 Å². The topological polar surface area (TPSA) is 87.1 Å². The van der Waals surface area contributed by atoms with E-state index in [0.29, 0.717) is 22.7 Å². The zero-order valence-electron chi connectivity index (χ0n) is 14.0. The Hall–Kier alpha value is -1.99. The number of aryl methyl sites for hydroxylation is 1. The molecule has 0 bridgehead atoms. The van der Waals surface area contributed by atoms with Gasteiger partial charge in [-0.15, -0.1) is 0 Å². The minimum atomic E-state index is -0.397. The summed E-state index contributed by atoms with van der Waals surface area (Å²) in [7, 11) is 0. The van der Waals surface area contributed by atoms with Gasteiger partial charge in [0.15, 0.2) is 5.82 Å². The van der Waals surface area contributed by atoms with Gasteiger partial charge in [-0.2, -0.15) is 0 Å². The molecule has 0 unspecified atom stereocenters. The minimum Gasteiger partial charge on any atom is -0.391 e. The van der Waals surface area contributed by atoms with E-state index < -0.39 is 6.10 Å². The van der Waals surface area contributed by atoms with E-state index in [1.807, 2.05) is 6.92 Å². The summed E-state index contributed by atoms with van der Waals surface area (Å²) < 4.78 is 0. The molecule has 2 N–H and O–H groups in total. The summed E-state index contributed by atoms with van der Waals surface area (Å²) in [5, 5.41) is 14.5. The first-order valence-electron chi connectivity index (χ1n) is 8.55. The summed E-state index contributed by atoms with van der Waals surface area (Å²) in [6.45, 7) is 3.63. The average molecular weight is 361 g/mol. The number of aliphatic hydroxyl groups excluding tert-OH is 1. The molecule has 4 atom stereocenters. The highest BCUT2D eigenvalue weighted by atomic mass is 35.5. The van der Waals surface area contributed by atoms with E-state index in [1.54, 1.807) is 24.8 Å². The molecule has 1 saturated carbocycles. The summed E-state index contributed by atoms with van der Waals surface area (Å²) in [6.07, 6.45) is 7.89. The Labute approximate surface area is 151 Å². The molecule has 1 aliphatic heterocycles. The zero-order chi connectivity index (χ0) is 17.4. The van der Waals surface area contributed by atoms with E-state index in [2.05, 4.69) is 30.2 Å². The Bertz CT molecular complexity index is 745. The van der Waals surface area contributed by atoms with Crippen molar-refractivity contribution in [3.63, 3.8) is 0 Å². The maximum absolute atomic E-state index is 10.6. The smallest absolute Gasteiger partial charge is 0.151 e. The lowest BCUT2D eigenvalue weighted by atomic mass is 9.77. The molecule has 1 aliphatic carbocycles. The number of rotatable bonds is 3. The fourth-order valence-corrected chi connectivity index (χ4v) is 4.20. The van der Waals surface area contributed by atoms with Crippen molar-refractivity contribution in [3.8, 4) is 0 Å².